The van der Waals surface area contributed by atoms with Gasteiger partial charge in [-0.2, -0.15) is 0 Å². The predicted molar refractivity (Wildman–Crippen MR) is 67.8 cm³/mol. The first-order chi connectivity index (χ1) is 8.19. The molecule has 2 rings (SSSR count). The minimum Gasteiger partial charge on any atom is -0.393 e. The highest BCUT2D eigenvalue weighted by molar-refractivity contribution is 5.45. The van der Waals surface area contributed by atoms with Gasteiger partial charge in [0.1, 0.15) is 17.5 Å². The molecule has 0 radical (unpaired) electrons. The summed E-state index contributed by atoms with van der Waals surface area (Å²) in [5, 5.41) is 12.6. The van der Waals surface area contributed by atoms with E-state index in [1.165, 1.54) is 0 Å². The van der Waals surface area contributed by atoms with E-state index >= 15 is 0 Å². The highest BCUT2D eigenvalue weighted by Gasteiger charge is 2.27. The number of nitrogens with one attached hydrogen (secondary N) is 1. The van der Waals surface area contributed by atoms with Crippen LogP contribution in [0, 0.1) is 0 Å². The number of aromatic nitrogens is 2. The number of nitrogens with two attached hydrogens (primary N) is 1. The molecule has 1 heterocycles. The second-order valence-electron chi connectivity index (χ2n) is 4.59. The molecule has 1 aliphatic carbocycles. The van der Waals surface area contributed by atoms with Crippen LogP contribution in [0.3, 0.4) is 0 Å². The highest BCUT2D eigenvalue weighted by atomic mass is 16.3. The molecule has 1 saturated carbocycles. The van der Waals surface area contributed by atoms with Crippen LogP contribution in [-0.4, -0.2) is 27.7 Å². The van der Waals surface area contributed by atoms with Gasteiger partial charge in [-0.25, -0.2) is 9.97 Å². The summed E-state index contributed by atoms with van der Waals surface area (Å²) in [5.74, 6) is 2.63. The zero-order chi connectivity index (χ0) is 12.3. The van der Waals surface area contributed by atoms with Gasteiger partial charge < -0.3 is 16.2 Å². The number of hydrogen-bond acceptors (Lipinski definition) is 5. The maximum atomic E-state index is 9.45. The van der Waals surface area contributed by atoms with Crippen LogP contribution in [0.5, 0.6) is 0 Å². The SMILES string of the molecule is CCC(O)CCNc1cc(N)nc(C2CC2)n1. The first kappa shape index (κ1) is 12.1. The Morgan fingerprint density at radius 3 is 2.94 bits per heavy atom. The molecule has 1 atom stereocenters. The number of rotatable bonds is 6. The number of nitrogens with zero attached hydrogens (tertiary/aromatic N) is 2. The molecule has 1 aromatic rings. The van der Waals surface area contributed by atoms with Gasteiger partial charge >= 0.3 is 0 Å². The Kier molecular flexibility index (Phi) is 3.78. The summed E-state index contributed by atoms with van der Waals surface area (Å²) in [6.07, 6.45) is 3.58. The number of anilines is 2. The van der Waals surface area contributed by atoms with E-state index in [0.717, 1.165) is 37.3 Å². The Labute approximate surface area is 101 Å². The minimum atomic E-state index is -0.246. The summed E-state index contributed by atoms with van der Waals surface area (Å²) in [5.41, 5.74) is 5.74. The van der Waals surface area contributed by atoms with Gasteiger partial charge in [0.2, 0.25) is 0 Å². The molecule has 4 N–H and O–H groups in total. The highest BCUT2D eigenvalue weighted by Crippen LogP contribution is 2.38. The van der Waals surface area contributed by atoms with Gasteiger partial charge in [0.15, 0.2) is 0 Å². The van der Waals surface area contributed by atoms with E-state index in [4.69, 9.17) is 5.73 Å². The Morgan fingerprint density at radius 2 is 2.29 bits per heavy atom. The zero-order valence-corrected chi connectivity index (χ0v) is 10.2. The molecule has 0 saturated heterocycles. The molecule has 5 nitrogen and oxygen atoms in total. The topological polar surface area (TPSA) is 84.1 Å². The van der Waals surface area contributed by atoms with Crippen molar-refractivity contribution in [3.63, 3.8) is 0 Å². The van der Waals surface area contributed by atoms with E-state index < -0.39 is 0 Å². The fraction of sp³-hybridized carbons (Fsp3) is 0.667. The minimum absolute atomic E-state index is 0.246. The Balaban J connectivity index is 1.91. The number of aliphatic hydroxyl groups excluding tert-OH is 1. The van der Waals surface area contributed by atoms with Crippen LogP contribution in [0.25, 0.3) is 0 Å². The van der Waals surface area contributed by atoms with E-state index in [2.05, 4.69) is 15.3 Å². The lowest BCUT2D eigenvalue weighted by molar-refractivity contribution is 0.164. The quantitative estimate of drug-likeness (QED) is 0.697. The van der Waals surface area contributed by atoms with E-state index in [1.807, 2.05) is 6.92 Å². The van der Waals surface area contributed by atoms with Crippen molar-refractivity contribution < 1.29 is 5.11 Å². The smallest absolute Gasteiger partial charge is 0.136 e. The summed E-state index contributed by atoms with van der Waals surface area (Å²) in [7, 11) is 0. The maximum Gasteiger partial charge on any atom is 0.136 e. The van der Waals surface area contributed by atoms with Gasteiger partial charge in [-0.05, 0) is 25.7 Å². The number of nitrogen functional groups attached to an aromatic ring is 1. The average Bonchev–Trinajstić information content (AvgIpc) is 3.12. The molecule has 5 heteroatoms. The van der Waals surface area contributed by atoms with E-state index in [9.17, 15) is 5.11 Å². The number of hydrogen-bond donors (Lipinski definition) is 3. The summed E-state index contributed by atoms with van der Waals surface area (Å²) in [4.78, 5) is 8.67. The van der Waals surface area contributed by atoms with Gasteiger partial charge in [-0.1, -0.05) is 6.92 Å². The Hall–Kier alpha value is -1.36. The molecule has 1 aliphatic rings. The van der Waals surface area contributed by atoms with Crippen LogP contribution in [0.2, 0.25) is 0 Å². The van der Waals surface area contributed by atoms with Crippen LogP contribution in [0.4, 0.5) is 11.6 Å². The third-order valence-electron chi connectivity index (χ3n) is 2.96. The van der Waals surface area contributed by atoms with Crippen molar-refractivity contribution in [2.75, 3.05) is 17.6 Å². The molecule has 94 valence electrons. The van der Waals surface area contributed by atoms with Crippen LogP contribution in [0.1, 0.15) is 44.3 Å². The lowest BCUT2D eigenvalue weighted by atomic mass is 10.2. The first-order valence-electron chi connectivity index (χ1n) is 6.25. The zero-order valence-electron chi connectivity index (χ0n) is 10.2. The van der Waals surface area contributed by atoms with E-state index in [1.54, 1.807) is 6.07 Å². The third-order valence-corrected chi connectivity index (χ3v) is 2.96. The largest absolute Gasteiger partial charge is 0.393 e. The van der Waals surface area contributed by atoms with E-state index in [-0.39, 0.29) is 6.10 Å². The second kappa shape index (κ2) is 5.31. The monoisotopic (exact) mass is 236 g/mol. The van der Waals surface area contributed by atoms with Crippen LogP contribution < -0.4 is 11.1 Å². The van der Waals surface area contributed by atoms with Crippen molar-refractivity contribution in [3.8, 4) is 0 Å². The fourth-order valence-electron chi connectivity index (χ4n) is 1.67. The molecule has 1 fully saturated rings. The molecule has 1 aromatic heterocycles. The Morgan fingerprint density at radius 1 is 1.53 bits per heavy atom. The molecule has 1 unspecified atom stereocenters. The summed E-state index contributed by atoms with van der Waals surface area (Å²) in [6.45, 7) is 2.67. The van der Waals surface area contributed by atoms with Crippen molar-refractivity contribution in [1.29, 1.82) is 0 Å². The third kappa shape index (κ3) is 3.56. The summed E-state index contributed by atoms with van der Waals surface area (Å²) < 4.78 is 0. The van der Waals surface area contributed by atoms with Gasteiger partial charge in [0.25, 0.3) is 0 Å². The second-order valence-corrected chi connectivity index (χ2v) is 4.59. The van der Waals surface area contributed by atoms with Gasteiger partial charge in [-0.3, -0.25) is 0 Å². The predicted octanol–water partition coefficient (Wildman–Crippen LogP) is 1.51. The van der Waals surface area contributed by atoms with Gasteiger partial charge in [-0.15, -0.1) is 0 Å². The van der Waals surface area contributed by atoms with E-state index in [0.29, 0.717) is 18.3 Å². The number of aliphatic hydroxyl groups is 1. The summed E-state index contributed by atoms with van der Waals surface area (Å²) >= 11 is 0. The average molecular weight is 236 g/mol. The van der Waals surface area contributed by atoms with Crippen molar-refractivity contribution in [2.24, 2.45) is 0 Å². The molecule has 0 aromatic carbocycles. The maximum absolute atomic E-state index is 9.45. The lowest BCUT2D eigenvalue weighted by Crippen LogP contribution is -2.13. The Bertz CT molecular complexity index is 379. The first-order valence-corrected chi connectivity index (χ1v) is 6.25. The fourth-order valence-corrected chi connectivity index (χ4v) is 1.67. The molecule has 0 spiro atoms. The van der Waals surface area contributed by atoms with Gasteiger partial charge in [0, 0.05) is 18.5 Å². The van der Waals surface area contributed by atoms with Crippen molar-refractivity contribution >= 4 is 11.6 Å². The van der Waals surface area contributed by atoms with Crippen LogP contribution >= 0.6 is 0 Å². The van der Waals surface area contributed by atoms with Crippen LogP contribution in [-0.2, 0) is 0 Å². The van der Waals surface area contributed by atoms with Gasteiger partial charge in [0.05, 0.1) is 6.10 Å². The summed E-state index contributed by atoms with van der Waals surface area (Å²) in [6, 6.07) is 1.74. The molecular weight excluding hydrogens is 216 g/mol. The van der Waals surface area contributed by atoms with Crippen LogP contribution in [0.15, 0.2) is 6.07 Å². The molecule has 17 heavy (non-hydrogen) atoms. The molecule has 0 amide bonds. The van der Waals surface area contributed by atoms with Crippen molar-refractivity contribution in [3.05, 3.63) is 11.9 Å². The molecule has 0 bridgehead atoms. The standard InChI is InChI=1S/C12H20N4O/c1-2-9(17)5-6-14-11-7-10(13)15-12(16-11)8-3-4-8/h7-9,17H,2-6H2,1H3,(H3,13,14,15,16). The van der Waals surface area contributed by atoms with Crippen molar-refractivity contribution in [1.82, 2.24) is 9.97 Å². The van der Waals surface area contributed by atoms with Crippen molar-refractivity contribution in [2.45, 2.75) is 44.6 Å². The normalized spacial score (nSPS) is 16.8. The lowest BCUT2D eigenvalue weighted by Gasteiger charge is -2.10. The molecule has 0 aliphatic heterocycles. The molecular formula is C12H20N4O.